The van der Waals surface area contributed by atoms with Crippen molar-refractivity contribution in [2.75, 3.05) is 0 Å². The standard InChI is InChI=1S/C15H16O2/c1-9-5-4-6-14(17)15(9)12-7-8-13(16)11(3)10(12)2/h4-8,16-17H,1-3H3. The average molecular weight is 228 g/mol. The fourth-order valence-corrected chi connectivity index (χ4v) is 2.08. The zero-order chi connectivity index (χ0) is 12.6. The third-order valence-electron chi connectivity index (χ3n) is 3.28. The first kappa shape index (κ1) is 11.5. The fraction of sp³-hybridized carbons (Fsp3) is 0.200. The van der Waals surface area contributed by atoms with E-state index in [1.165, 1.54) is 0 Å². The Labute approximate surface area is 101 Å². The minimum atomic E-state index is 0.276. The molecule has 0 saturated carbocycles. The van der Waals surface area contributed by atoms with Crippen LogP contribution in [0.25, 0.3) is 11.1 Å². The first-order valence-electron chi connectivity index (χ1n) is 5.60. The number of aryl methyl sites for hydroxylation is 1. The molecule has 2 rings (SSSR count). The Morgan fingerprint density at radius 2 is 1.47 bits per heavy atom. The summed E-state index contributed by atoms with van der Waals surface area (Å²) in [6.07, 6.45) is 0. The maximum Gasteiger partial charge on any atom is 0.123 e. The lowest BCUT2D eigenvalue weighted by atomic mass is 9.93. The predicted molar refractivity (Wildman–Crippen MR) is 69.4 cm³/mol. The summed E-state index contributed by atoms with van der Waals surface area (Å²) in [5, 5.41) is 19.6. The lowest BCUT2D eigenvalue weighted by Gasteiger charge is -2.14. The summed E-state index contributed by atoms with van der Waals surface area (Å²) < 4.78 is 0. The van der Waals surface area contributed by atoms with Crippen molar-refractivity contribution in [3.05, 3.63) is 47.0 Å². The molecule has 88 valence electrons. The monoisotopic (exact) mass is 228 g/mol. The van der Waals surface area contributed by atoms with Crippen molar-refractivity contribution in [3.63, 3.8) is 0 Å². The SMILES string of the molecule is Cc1cccc(O)c1-c1ccc(O)c(C)c1C. The van der Waals surface area contributed by atoms with Gasteiger partial charge in [-0.25, -0.2) is 0 Å². The van der Waals surface area contributed by atoms with Crippen LogP contribution < -0.4 is 0 Å². The Hall–Kier alpha value is -1.96. The van der Waals surface area contributed by atoms with Crippen LogP contribution in [0.4, 0.5) is 0 Å². The molecular formula is C15H16O2. The van der Waals surface area contributed by atoms with E-state index < -0.39 is 0 Å². The molecule has 17 heavy (non-hydrogen) atoms. The molecule has 0 saturated heterocycles. The highest BCUT2D eigenvalue weighted by Crippen LogP contribution is 2.37. The van der Waals surface area contributed by atoms with Gasteiger partial charge < -0.3 is 10.2 Å². The highest BCUT2D eigenvalue weighted by atomic mass is 16.3. The first-order chi connectivity index (χ1) is 8.02. The maximum absolute atomic E-state index is 9.97. The zero-order valence-electron chi connectivity index (χ0n) is 10.3. The summed E-state index contributed by atoms with van der Waals surface area (Å²) in [7, 11) is 0. The highest BCUT2D eigenvalue weighted by Gasteiger charge is 2.12. The van der Waals surface area contributed by atoms with Crippen LogP contribution in [0.5, 0.6) is 11.5 Å². The van der Waals surface area contributed by atoms with Crippen LogP contribution in [0.1, 0.15) is 16.7 Å². The van der Waals surface area contributed by atoms with Gasteiger partial charge in [0.25, 0.3) is 0 Å². The topological polar surface area (TPSA) is 40.5 Å². The Balaban J connectivity index is 2.74. The lowest BCUT2D eigenvalue weighted by molar-refractivity contribution is 0.470. The van der Waals surface area contributed by atoms with E-state index in [9.17, 15) is 10.2 Å². The molecule has 0 aromatic heterocycles. The minimum absolute atomic E-state index is 0.276. The van der Waals surface area contributed by atoms with E-state index in [0.29, 0.717) is 5.75 Å². The summed E-state index contributed by atoms with van der Waals surface area (Å²) in [5.41, 5.74) is 4.68. The van der Waals surface area contributed by atoms with E-state index >= 15 is 0 Å². The van der Waals surface area contributed by atoms with Crippen molar-refractivity contribution in [2.24, 2.45) is 0 Å². The van der Waals surface area contributed by atoms with E-state index in [-0.39, 0.29) is 5.75 Å². The summed E-state index contributed by atoms with van der Waals surface area (Å²) in [6.45, 7) is 5.80. The molecule has 2 aromatic rings. The number of hydrogen-bond donors (Lipinski definition) is 2. The molecule has 0 aliphatic heterocycles. The van der Waals surface area contributed by atoms with Gasteiger partial charge >= 0.3 is 0 Å². The molecule has 0 radical (unpaired) electrons. The second-order valence-electron chi connectivity index (χ2n) is 4.35. The van der Waals surface area contributed by atoms with E-state index in [2.05, 4.69) is 0 Å². The number of benzene rings is 2. The van der Waals surface area contributed by atoms with Crippen molar-refractivity contribution in [1.82, 2.24) is 0 Å². The number of phenols is 2. The zero-order valence-corrected chi connectivity index (χ0v) is 10.3. The van der Waals surface area contributed by atoms with Gasteiger partial charge in [0, 0.05) is 5.56 Å². The Morgan fingerprint density at radius 1 is 0.765 bits per heavy atom. The number of hydrogen-bond acceptors (Lipinski definition) is 2. The average Bonchev–Trinajstić information content (AvgIpc) is 2.29. The highest BCUT2D eigenvalue weighted by molar-refractivity contribution is 5.77. The quantitative estimate of drug-likeness (QED) is 0.781. The van der Waals surface area contributed by atoms with Gasteiger partial charge in [0.15, 0.2) is 0 Å². The smallest absolute Gasteiger partial charge is 0.123 e. The molecule has 0 heterocycles. The summed E-state index contributed by atoms with van der Waals surface area (Å²) in [4.78, 5) is 0. The van der Waals surface area contributed by atoms with Crippen molar-refractivity contribution < 1.29 is 10.2 Å². The molecule has 2 nitrogen and oxygen atoms in total. The Morgan fingerprint density at radius 3 is 2.12 bits per heavy atom. The molecule has 0 spiro atoms. The molecular weight excluding hydrogens is 212 g/mol. The van der Waals surface area contributed by atoms with Gasteiger partial charge in [-0.15, -0.1) is 0 Å². The van der Waals surface area contributed by atoms with Crippen LogP contribution in [0.2, 0.25) is 0 Å². The number of aromatic hydroxyl groups is 2. The van der Waals surface area contributed by atoms with Gasteiger partial charge in [0.2, 0.25) is 0 Å². The molecule has 2 aromatic carbocycles. The first-order valence-corrected chi connectivity index (χ1v) is 5.60. The second kappa shape index (κ2) is 4.13. The fourth-order valence-electron chi connectivity index (χ4n) is 2.08. The lowest BCUT2D eigenvalue weighted by Crippen LogP contribution is -1.91. The minimum Gasteiger partial charge on any atom is -0.508 e. The van der Waals surface area contributed by atoms with E-state index in [0.717, 1.165) is 27.8 Å². The van der Waals surface area contributed by atoms with Gasteiger partial charge in [-0.2, -0.15) is 0 Å². The van der Waals surface area contributed by atoms with Crippen molar-refractivity contribution in [1.29, 1.82) is 0 Å². The van der Waals surface area contributed by atoms with Crippen LogP contribution in [0.15, 0.2) is 30.3 Å². The molecule has 0 unspecified atom stereocenters. The van der Waals surface area contributed by atoms with Gasteiger partial charge in [-0.3, -0.25) is 0 Å². The number of phenolic OH excluding ortho intramolecular Hbond substituents is 2. The third kappa shape index (κ3) is 1.86. The number of rotatable bonds is 1. The molecule has 2 N–H and O–H groups in total. The van der Waals surface area contributed by atoms with Crippen molar-refractivity contribution in [2.45, 2.75) is 20.8 Å². The van der Waals surface area contributed by atoms with E-state index in [4.69, 9.17) is 0 Å². The summed E-state index contributed by atoms with van der Waals surface area (Å²) in [5.74, 6) is 0.567. The van der Waals surface area contributed by atoms with Gasteiger partial charge in [0.05, 0.1) is 0 Å². The molecule has 0 fully saturated rings. The molecule has 2 heteroatoms. The normalized spacial score (nSPS) is 10.5. The Bertz CT molecular complexity index is 551. The van der Waals surface area contributed by atoms with Gasteiger partial charge in [-0.1, -0.05) is 18.2 Å². The van der Waals surface area contributed by atoms with Crippen LogP contribution in [-0.4, -0.2) is 10.2 Å². The summed E-state index contributed by atoms with van der Waals surface area (Å²) >= 11 is 0. The van der Waals surface area contributed by atoms with Crippen LogP contribution in [0, 0.1) is 20.8 Å². The Kier molecular flexibility index (Phi) is 2.80. The third-order valence-corrected chi connectivity index (χ3v) is 3.28. The van der Waals surface area contributed by atoms with E-state index in [1.54, 1.807) is 12.1 Å². The molecule has 0 aliphatic rings. The van der Waals surface area contributed by atoms with Gasteiger partial charge in [-0.05, 0) is 55.2 Å². The molecule has 0 aliphatic carbocycles. The summed E-state index contributed by atoms with van der Waals surface area (Å²) in [6, 6.07) is 9.00. The van der Waals surface area contributed by atoms with Crippen molar-refractivity contribution in [3.8, 4) is 22.6 Å². The van der Waals surface area contributed by atoms with Crippen LogP contribution in [0.3, 0.4) is 0 Å². The maximum atomic E-state index is 9.97. The van der Waals surface area contributed by atoms with Gasteiger partial charge in [0.1, 0.15) is 11.5 Å². The molecule has 0 atom stereocenters. The largest absolute Gasteiger partial charge is 0.508 e. The molecule has 0 amide bonds. The second-order valence-corrected chi connectivity index (χ2v) is 4.35. The predicted octanol–water partition coefficient (Wildman–Crippen LogP) is 3.69. The molecule has 0 bridgehead atoms. The van der Waals surface area contributed by atoms with E-state index in [1.807, 2.05) is 39.0 Å². The van der Waals surface area contributed by atoms with Crippen LogP contribution in [-0.2, 0) is 0 Å². The van der Waals surface area contributed by atoms with Crippen LogP contribution >= 0.6 is 0 Å². The van der Waals surface area contributed by atoms with Crippen molar-refractivity contribution >= 4 is 0 Å².